The first-order chi connectivity index (χ1) is 14.7. The molecule has 1 aliphatic heterocycles. The van der Waals surface area contributed by atoms with Crippen LogP contribution in [0, 0.1) is 6.92 Å². The summed E-state index contributed by atoms with van der Waals surface area (Å²) in [6, 6.07) is 10.1. The van der Waals surface area contributed by atoms with Crippen LogP contribution in [0.2, 0.25) is 0 Å². The standard InChI is InChI=1S/C22H28N8/c1-3-23-22(29-14-12-28(13-15-29)20-6-4-5-9-25-20)27-17-19-7-8-21(26-16-19)30-11-10-24-18(30)2/h4-11,16H,3,12-15,17H2,1-2H3,(H,23,27). The summed E-state index contributed by atoms with van der Waals surface area (Å²) in [7, 11) is 0. The van der Waals surface area contributed by atoms with E-state index in [4.69, 9.17) is 4.99 Å². The number of aromatic nitrogens is 4. The SMILES string of the molecule is CCNC(=NCc1ccc(-n2ccnc2C)nc1)N1CCN(c2ccccn2)CC1. The van der Waals surface area contributed by atoms with E-state index in [0.29, 0.717) is 6.54 Å². The van der Waals surface area contributed by atoms with E-state index in [-0.39, 0.29) is 0 Å². The molecule has 1 N–H and O–H groups in total. The summed E-state index contributed by atoms with van der Waals surface area (Å²) in [4.78, 5) is 22.8. The van der Waals surface area contributed by atoms with Crippen molar-refractivity contribution in [1.29, 1.82) is 0 Å². The van der Waals surface area contributed by atoms with Crippen LogP contribution in [0.4, 0.5) is 5.82 Å². The number of guanidine groups is 1. The molecule has 30 heavy (non-hydrogen) atoms. The third-order valence-electron chi connectivity index (χ3n) is 5.18. The van der Waals surface area contributed by atoms with E-state index in [9.17, 15) is 0 Å². The van der Waals surface area contributed by atoms with Crippen LogP contribution in [0.15, 0.2) is 60.1 Å². The molecule has 1 aliphatic rings. The summed E-state index contributed by atoms with van der Waals surface area (Å²) in [6.07, 6.45) is 7.44. The zero-order valence-corrected chi connectivity index (χ0v) is 17.6. The predicted octanol–water partition coefficient (Wildman–Crippen LogP) is 2.26. The fraction of sp³-hybridized carbons (Fsp3) is 0.364. The molecule has 0 atom stereocenters. The summed E-state index contributed by atoms with van der Waals surface area (Å²) in [5.74, 6) is 3.79. The molecule has 3 aromatic heterocycles. The Kier molecular flexibility index (Phi) is 6.22. The molecule has 156 valence electrons. The van der Waals surface area contributed by atoms with Crippen LogP contribution >= 0.6 is 0 Å². The van der Waals surface area contributed by atoms with Crippen LogP contribution in [0.1, 0.15) is 18.3 Å². The second kappa shape index (κ2) is 9.39. The van der Waals surface area contributed by atoms with Crippen LogP contribution in [0.3, 0.4) is 0 Å². The first-order valence-electron chi connectivity index (χ1n) is 10.4. The summed E-state index contributed by atoms with van der Waals surface area (Å²) in [5, 5.41) is 3.43. The number of aryl methyl sites for hydroxylation is 1. The van der Waals surface area contributed by atoms with Gasteiger partial charge in [0.1, 0.15) is 17.5 Å². The van der Waals surface area contributed by atoms with E-state index in [1.807, 2.05) is 48.3 Å². The zero-order chi connectivity index (χ0) is 20.8. The topological polar surface area (TPSA) is 74.5 Å². The number of nitrogens with zero attached hydrogens (tertiary/aromatic N) is 7. The van der Waals surface area contributed by atoms with E-state index in [2.05, 4.69) is 49.1 Å². The van der Waals surface area contributed by atoms with E-state index >= 15 is 0 Å². The van der Waals surface area contributed by atoms with Gasteiger partial charge in [0.15, 0.2) is 5.96 Å². The van der Waals surface area contributed by atoms with Crippen molar-refractivity contribution < 1.29 is 0 Å². The normalized spacial score (nSPS) is 14.8. The van der Waals surface area contributed by atoms with Gasteiger partial charge in [-0.2, -0.15) is 0 Å². The number of hydrogen-bond acceptors (Lipinski definition) is 5. The third kappa shape index (κ3) is 4.59. The van der Waals surface area contributed by atoms with Crippen LogP contribution in [0.25, 0.3) is 5.82 Å². The Morgan fingerprint density at radius 2 is 1.87 bits per heavy atom. The van der Waals surface area contributed by atoms with E-state index in [0.717, 1.165) is 61.7 Å². The van der Waals surface area contributed by atoms with Gasteiger partial charge in [-0.3, -0.25) is 4.57 Å². The number of imidazole rings is 1. The highest BCUT2D eigenvalue weighted by atomic mass is 15.4. The van der Waals surface area contributed by atoms with Gasteiger partial charge in [0.2, 0.25) is 0 Å². The molecule has 1 fully saturated rings. The lowest BCUT2D eigenvalue weighted by atomic mass is 10.3. The first-order valence-corrected chi connectivity index (χ1v) is 10.4. The molecule has 1 saturated heterocycles. The predicted molar refractivity (Wildman–Crippen MR) is 119 cm³/mol. The maximum Gasteiger partial charge on any atom is 0.194 e. The molecular weight excluding hydrogens is 376 g/mol. The fourth-order valence-electron chi connectivity index (χ4n) is 3.55. The summed E-state index contributed by atoms with van der Waals surface area (Å²) < 4.78 is 1.97. The summed E-state index contributed by atoms with van der Waals surface area (Å²) in [6.45, 7) is 9.21. The molecule has 3 aromatic rings. The Morgan fingerprint density at radius 3 is 2.50 bits per heavy atom. The maximum atomic E-state index is 4.85. The van der Waals surface area contributed by atoms with E-state index < -0.39 is 0 Å². The lowest BCUT2D eigenvalue weighted by Gasteiger charge is -2.37. The number of anilines is 1. The highest BCUT2D eigenvalue weighted by molar-refractivity contribution is 5.80. The summed E-state index contributed by atoms with van der Waals surface area (Å²) in [5.41, 5.74) is 1.08. The average Bonchev–Trinajstić information content (AvgIpc) is 3.23. The zero-order valence-electron chi connectivity index (χ0n) is 17.6. The van der Waals surface area contributed by atoms with Gasteiger partial charge in [-0.05, 0) is 37.6 Å². The van der Waals surface area contributed by atoms with E-state index in [1.165, 1.54) is 0 Å². The van der Waals surface area contributed by atoms with E-state index in [1.54, 1.807) is 6.20 Å². The lowest BCUT2D eigenvalue weighted by molar-refractivity contribution is 0.371. The van der Waals surface area contributed by atoms with Crippen molar-refractivity contribution in [3.63, 3.8) is 0 Å². The minimum Gasteiger partial charge on any atom is -0.357 e. The Morgan fingerprint density at radius 1 is 1.00 bits per heavy atom. The molecule has 4 heterocycles. The average molecular weight is 405 g/mol. The monoisotopic (exact) mass is 404 g/mol. The number of aliphatic imine (C=N–C) groups is 1. The molecule has 8 nitrogen and oxygen atoms in total. The summed E-state index contributed by atoms with van der Waals surface area (Å²) >= 11 is 0. The quantitative estimate of drug-likeness (QED) is 0.519. The van der Waals surface area contributed by atoms with Crippen molar-refractivity contribution in [2.75, 3.05) is 37.6 Å². The van der Waals surface area contributed by atoms with Crippen molar-refractivity contribution in [3.05, 3.63) is 66.5 Å². The number of hydrogen-bond donors (Lipinski definition) is 1. The van der Waals surface area contributed by atoms with Crippen LogP contribution in [-0.2, 0) is 6.54 Å². The molecule has 0 amide bonds. The number of nitrogens with one attached hydrogen (secondary N) is 1. The molecule has 0 spiro atoms. The van der Waals surface area contributed by atoms with Crippen LogP contribution < -0.4 is 10.2 Å². The highest BCUT2D eigenvalue weighted by Gasteiger charge is 2.20. The van der Waals surface area contributed by atoms with Crippen molar-refractivity contribution in [2.24, 2.45) is 4.99 Å². The van der Waals surface area contributed by atoms with Crippen molar-refractivity contribution in [3.8, 4) is 5.82 Å². The van der Waals surface area contributed by atoms with Crippen LogP contribution in [-0.4, -0.2) is 63.1 Å². The number of piperazine rings is 1. The lowest BCUT2D eigenvalue weighted by Crippen LogP contribution is -2.52. The molecule has 0 aliphatic carbocycles. The smallest absolute Gasteiger partial charge is 0.194 e. The number of pyridine rings is 2. The highest BCUT2D eigenvalue weighted by Crippen LogP contribution is 2.13. The Bertz CT molecular complexity index is 956. The Labute approximate surface area is 177 Å². The van der Waals surface area contributed by atoms with Gasteiger partial charge < -0.3 is 15.1 Å². The molecule has 0 radical (unpaired) electrons. The van der Waals surface area contributed by atoms with Gasteiger partial charge in [-0.15, -0.1) is 0 Å². The third-order valence-corrected chi connectivity index (χ3v) is 5.18. The largest absolute Gasteiger partial charge is 0.357 e. The van der Waals surface area contributed by atoms with Crippen LogP contribution in [0.5, 0.6) is 0 Å². The van der Waals surface area contributed by atoms with Gasteiger partial charge in [-0.1, -0.05) is 12.1 Å². The molecule has 0 saturated carbocycles. The minimum atomic E-state index is 0.596. The van der Waals surface area contributed by atoms with Gasteiger partial charge in [0.05, 0.1) is 6.54 Å². The minimum absolute atomic E-state index is 0.596. The molecule has 4 rings (SSSR count). The maximum absolute atomic E-state index is 4.85. The second-order valence-corrected chi connectivity index (χ2v) is 7.20. The van der Waals surface area contributed by atoms with Gasteiger partial charge in [0, 0.05) is 57.5 Å². The molecule has 8 heteroatoms. The van der Waals surface area contributed by atoms with Crippen molar-refractivity contribution in [1.82, 2.24) is 29.7 Å². The van der Waals surface area contributed by atoms with Crippen molar-refractivity contribution >= 4 is 11.8 Å². The Balaban J connectivity index is 1.39. The second-order valence-electron chi connectivity index (χ2n) is 7.20. The van der Waals surface area contributed by atoms with Gasteiger partial charge in [0.25, 0.3) is 0 Å². The molecule has 0 bridgehead atoms. The van der Waals surface area contributed by atoms with Gasteiger partial charge in [-0.25, -0.2) is 19.9 Å². The molecule has 0 aromatic carbocycles. The van der Waals surface area contributed by atoms with Crippen molar-refractivity contribution in [2.45, 2.75) is 20.4 Å². The number of rotatable bonds is 5. The Hall–Kier alpha value is -3.42. The van der Waals surface area contributed by atoms with Gasteiger partial charge >= 0.3 is 0 Å². The first kappa shape index (κ1) is 19.9. The molecule has 0 unspecified atom stereocenters. The fourth-order valence-corrected chi connectivity index (χ4v) is 3.55. The molecular formula is C22H28N8.